The molecule has 0 aliphatic heterocycles. The molecule has 0 saturated carbocycles. The van der Waals surface area contributed by atoms with E-state index in [-0.39, 0.29) is 5.82 Å². The Kier molecular flexibility index (Phi) is 1.86. The van der Waals surface area contributed by atoms with Gasteiger partial charge in [-0.2, -0.15) is 0 Å². The Morgan fingerprint density at radius 2 is 1.88 bits per heavy atom. The molecule has 0 amide bonds. The van der Waals surface area contributed by atoms with Crippen LogP contribution in [0.1, 0.15) is 0 Å². The fraction of sp³-hybridized carbons (Fsp3) is 0.0769. The van der Waals surface area contributed by atoms with Gasteiger partial charge in [-0.25, -0.2) is 4.39 Å². The van der Waals surface area contributed by atoms with Crippen molar-refractivity contribution in [2.45, 2.75) is 0 Å². The summed E-state index contributed by atoms with van der Waals surface area (Å²) in [5.41, 5.74) is 1.89. The summed E-state index contributed by atoms with van der Waals surface area (Å²) in [5, 5.41) is 1.91. The van der Waals surface area contributed by atoms with E-state index in [1.165, 1.54) is 6.07 Å². The molecule has 0 aliphatic rings. The van der Waals surface area contributed by atoms with Gasteiger partial charge in [0, 0.05) is 22.4 Å². The number of aromatic nitrogens is 1. The topological polar surface area (TPSA) is 25.0 Å². The molecule has 0 radical (unpaired) electrons. The first-order chi connectivity index (χ1) is 7.78. The molecule has 80 valence electrons. The van der Waals surface area contributed by atoms with Crippen molar-refractivity contribution in [1.29, 1.82) is 0 Å². The second kappa shape index (κ2) is 3.23. The quantitative estimate of drug-likeness (QED) is 0.660. The van der Waals surface area contributed by atoms with E-state index in [1.807, 2.05) is 18.2 Å². The molecular formula is C13H10FNO. The highest BCUT2D eigenvalue weighted by atomic mass is 19.1. The predicted molar refractivity (Wildman–Crippen MR) is 62.3 cm³/mol. The number of hydrogen-bond donors (Lipinski definition) is 1. The van der Waals surface area contributed by atoms with Crippen molar-refractivity contribution in [2.24, 2.45) is 0 Å². The van der Waals surface area contributed by atoms with Gasteiger partial charge in [0.2, 0.25) is 0 Å². The van der Waals surface area contributed by atoms with E-state index < -0.39 is 0 Å². The molecule has 0 bridgehead atoms. The summed E-state index contributed by atoms with van der Waals surface area (Å²) in [7, 11) is 1.63. The van der Waals surface area contributed by atoms with Crippen LogP contribution in [-0.2, 0) is 0 Å². The van der Waals surface area contributed by atoms with E-state index in [0.717, 1.165) is 27.6 Å². The van der Waals surface area contributed by atoms with Gasteiger partial charge in [0.1, 0.15) is 11.6 Å². The van der Waals surface area contributed by atoms with Crippen LogP contribution in [0.3, 0.4) is 0 Å². The molecule has 16 heavy (non-hydrogen) atoms. The SMILES string of the molecule is COc1ccc2c(c1)[nH]c1ccc(F)cc12. The van der Waals surface area contributed by atoms with Crippen LogP contribution in [-0.4, -0.2) is 12.1 Å². The van der Waals surface area contributed by atoms with Gasteiger partial charge >= 0.3 is 0 Å². The molecule has 0 atom stereocenters. The van der Waals surface area contributed by atoms with Crippen molar-refractivity contribution in [3.8, 4) is 5.75 Å². The average Bonchev–Trinajstić information content (AvgIpc) is 2.66. The zero-order valence-electron chi connectivity index (χ0n) is 8.75. The number of ether oxygens (including phenoxy) is 1. The van der Waals surface area contributed by atoms with E-state index in [0.29, 0.717) is 0 Å². The van der Waals surface area contributed by atoms with E-state index in [4.69, 9.17) is 4.74 Å². The van der Waals surface area contributed by atoms with Crippen LogP contribution in [0.15, 0.2) is 36.4 Å². The zero-order chi connectivity index (χ0) is 11.1. The third-order valence-electron chi connectivity index (χ3n) is 2.77. The van der Waals surface area contributed by atoms with Gasteiger partial charge in [-0.15, -0.1) is 0 Å². The lowest BCUT2D eigenvalue weighted by Gasteiger charge is -1.98. The second-order valence-electron chi connectivity index (χ2n) is 3.73. The fourth-order valence-electron chi connectivity index (χ4n) is 1.98. The van der Waals surface area contributed by atoms with Gasteiger partial charge in [-0.05, 0) is 30.3 Å². The lowest BCUT2D eigenvalue weighted by molar-refractivity contribution is 0.415. The first kappa shape index (κ1) is 9.21. The van der Waals surface area contributed by atoms with Crippen LogP contribution < -0.4 is 4.74 Å². The maximum atomic E-state index is 13.1. The predicted octanol–water partition coefficient (Wildman–Crippen LogP) is 3.47. The maximum absolute atomic E-state index is 13.1. The van der Waals surface area contributed by atoms with Crippen LogP contribution in [0.5, 0.6) is 5.75 Å². The molecule has 1 aromatic heterocycles. The standard InChI is InChI=1S/C13H10FNO/c1-16-9-3-4-10-11-6-8(14)2-5-12(11)15-13(10)7-9/h2-7,15H,1H3. The van der Waals surface area contributed by atoms with Crippen molar-refractivity contribution < 1.29 is 9.13 Å². The van der Waals surface area contributed by atoms with Gasteiger partial charge in [0.15, 0.2) is 0 Å². The third kappa shape index (κ3) is 1.25. The summed E-state index contributed by atoms with van der Waals surface area (Å²) >= 11 is 0. The summed E-state index contributed by atoms with van der Waals surface area (Å²) in [6, 6.07) is 10.5. The Balaban J connectivity index is 2.41. The van der Waals surface area contributed by atoms with Crippen LogP contribution in [0.2, 0.25) is 0 Å². The summed E-state index contributed by atoms with van der Waals surface area (Å²) in [6.45, 7) is 0. The number of fused-ring (bicyclic) bond motifs is 3. The molecule has 3 rings (SSSR count). The van der Waals surface area contributed by atoms with Crippen molar-refractivity contribution in [3.63, 3.8) is 0 Å². The van der Waals surface area contributed by atoms with Crippen LogP contribution >= 0.6 is 0 Å². The smallest absolute Gasteiger partial charge is 0.123 e. The first-order valence-electron chi connectivity index (χ1n) is 5.03. The van der Waals surface area contributed by atoms with Crippen LogP contribution in [0.25, 0.3) is 21.8 Å². The Hall–Kier alpha value is -2.03. The van der Waals surface area contributed by atoms with Crippen molar-refractivity contribution >= 4 is 21.8 Å². The number of H-pyrrole nitrogens is 1. The van der Waals surface area contributed by atoms with Gasteiger partial charge in [0.25, 0.3) is 0 Å². The Morgan fingerprint density at radius 1 is 1.00 bits per heavy atom. The molecule has 3 aromatic rings. The van der Waals surface area contributed by atoms with Gasteiger partial charge < -0.3 is 9.72 Å². The van der Waals surface area contributed by atoms with Crippen molar-refractivity contribution in [1.82, 2.24) is 4.98 Å². The van der Waals surface area contributed by atoms with E-state index >= 15 is 0 Å². The minimum Gasteiger partial charge on any atom is -0.497 e. The summed E-state index contributed by atoms with van der Waals surface area (Å²) in [6.07, 6.45) is 0. The molecular weight excluding hydrogens is 205 g/mol. The normalized spacial score (nSPS) is 11.1. The molecule has 0 fully saturated rings. The molecule has 2 aromatic carbocycles. The number of hydrogen-bond acceptors (Lipinski definition) is 1. The molecule has 0 unspecified atom stereocenters. The molecule has 1 heterocycles. The minimum absolute atomic E-state index is 0.218. The van der Waals surface area contributed by atoms with E-state index in [2.05, 4.69) is 4.98 Å². The number of aromatic amines is 1. The van der Waals surface area contributed by atoms with Gasteiger partial charge in [0.05, 0.1) is 12.6 Å². The summed E-state index contributed by atoms with van der Waals surface area (Å²) in [5.74, 6) is 0.573. The summed E-state index contributed by atoms with van der Waals surface area (Å²) in [4.78, 5) is 3.23. The average molecular weight is 215 g/mol. The van der Waals surface area contributed by atoms with E-state index in [9.17, 15) is 4.39 Å². The Morgan fingerprint density at radius 3 is 2.69 bits per heavy atom. The van der Waals surface area contributed by atoms with Crippen molar-refractivity contribution in [2.75, 3.05) is 7.11 Å². The number of methoxy groups -OCH3 is 1. The number of rotatable bonds is 1. The Bertz CT molecular complexity index is 672. The van der Waals surface area contributed by atoms with Crippen molar-refractivity contribution in [3.05, 3.63) is 42.2 Å². The number of benzene rings is 2. The fourth-order valence-corrected chi connectivity index (χ4v) is 1.98. The van der Waals surface area contributed by atoms with E-state index in [1.54, 1.807) is 19.2 Å². The van der Waals surface area contributed by atoms with Gasteiger partial charge in [-0.3, -0.25) is 0 Å². The highest BCUT2D eigenvalue weighted by Gasteiger charge is 2.05. The highest BCUT2D eigenvalue weighted by Crippen LogP contribution is 2.28. The lowest BCUT2D eigenvalue weighted by Crippen LogP contribution is -1.80. The molecule has 0 aliphatic carbocycles. The molecule has 0 spiro atoms. The molecule has 0 saturated heterocycles. The molecule has 2 nitrogen and oxygen atoms in total. The maximum Gasteiger partial charge on any atom is 0.123 e. The second-order valence-corrected chi connectivity index (χ2v) is 3.73. The first-order valence-corrected chi connectivity index (χ1v) is 5.03. The largest absolute Gasteiger partial charge is 0.497 e. The lowest BCUT2D eigenvalue weighted by atomic mass is 10.1. The zero-order valence-corrected chi connectivity index (χ0v) is 8.75. The Labute approximate surface area is 91.6 Å². The molecule has 1 N–H and O–H groups in total. The minimum atomic E-state index is -0.218. The highest BCUT2D eigenvalue weighted by molar-refractivity contribution is 6.07. The molecule has 3 heteroatoms. The monoisotopic (exact) mass is 215 g/mol. The van der Waals surface area contributed by atoms with Crippen LogP contribution in [0.4, 0.5) is 4.39 Å². The number of nitrogens with one attached hydrogen (secondary N) is 1. The third-order valence-corrected chi connectivity index (χ3v) is 2.77. The summed E-state index contributed by atoms with van der Waals surface area (Å²) < 4.78 is 18.3. The van der Waals surface area contributed by atoms with Gasteiger partial charge in [-0.1, -0.05) is 0 Å². The van der Waals surface area contributed by atoms with Crippen LogP contribution in [0, 0.1) is 5.82 Å². The number of halogens is 1.